The number of nitrogens with zero attached hydrogens (tertiary/aromatic N) is 2. The lowest BCUT2D eigenvalue weighted by Gasteiger charge is -2.24. The first kappa shape index (κ1) is 14.3. The fourth-order valence-corrected chi connectivity index (χ4v) is 3.14. The van der Waals surface area contributed by atoms with Gasteiger partial charge in [0.15, 0.2) is 0 Å². The first-order valence-corrected chi connectivity index (χ1v) is 7.63. The Kier molecular flexibility index (Phi) is 3.80. The Morgan fingerprint density at radius 1 is 1.52 bits per heavy atom. The summed E-state index contributed by atoms with van der Waals surface area (Å²) in [5.74, 6) is -0.923. The Labute approximate surface area is 130 Å². The molecule has 110 valence electrons. The van der Waals surface area contributed by atoms with Crippen LogP contribution in [0.2, 0.25) is 0 Å². The Hall–Kier alpha value is -1.69. The average molecular weight is 352 g/mol. The third-order valence-corrected chi connectivity index (χ3v) is 4.49. The summed E-state index contributed by atoms with van der Waals surface area (Å²) in [7, 11) is 1.90. The number of benzene rings is 1. The molecule has 2 aromatic rings. The Morgan fingerprint density at radius 3 is 3.14 bits per heavy atom. The van der Waals surface area contributed by atoms with Crippen LogP contribution >= 0.6 is 15.9 Å². The van der Waals surface area contributed by atoms with Gasteiger partial charge in [-0.3, -0.25) is 9.48 Å². The van der Waals surface area contributed by atoms with Crippen molar-refractivity contribution in [1.29, 1.82) is 0 Å². The number of carbonyl (C=O) groups is 1. The van der Waals surface area contributed by atoms with Gasteiger partial charge < -0.3 is 5.32 Å². The van der Waals surface area contributed by atoms with Crippen LogP contribution in [0.5, 0.6) is 0 Å². The second kappa shape index (κ2) is 5.60. The first-order chi connectivity index (χ1) is 10.1. The van der Waals surface area contributed by atoms with E-state index >= 15 is 0 Å². The molecule has 6 heteroatoms. The van der Waals surface area contributed by atoms with Gasteiger partial charge in [0, 0.05) is 18.3 Å². The summed E-state index contributed by atoms with van der Waals surface area (Å²) in [6.07, 6.45) is 4.58. The molecule has 1 atom stereocenters. The van der Waals surface area contributed by atoms with Crippen LogP contribution in [-0.2, 0) is 13.5 Å². The number of nitrogens with one attached hydrogen (secondary N) is 1. The van der Waals surface area contributed by atoms with E-state index in [1.807, 2.05) is 11.7 Å². The van der Waals surface area contributed by atoms with Crippen molar-refractivity contribution >= 4 is 21.8 Å². The van der Waals surface area contributed by atoms with Crippen molar-refractivity contribution in [1.82, 2.24) is 15.1 Å². The number of hydrogen-bond donors (Lipinski definition) is 1. The molecule has 0 bridgehead atoms. The lowest BCUT2D eigenvalue weighted by Crippen LogP contribution is -2.31. The molecule has 0 saturated carbocycles. The van der Waals surface area contributed by atoms with Crippen molar-refractivity contribution in [2.45, 2.75) is 25.3 Å². The minimum absolute atomic E-state index is 0.0559. The van der Waals surface area contributed by atoms with E-state index in [-0.39, 0.29) is 11.6 Å². The molecule has 0 aliphatic heterocycles. The molecule has 1 N–H and O–H groups in total. The summed E-state index contributed by atoms with van der Waals surface area (Å²) in [6.45, 7) is 0. The molecule has 4 nitrogen and oxygen atoms in total. The zero-order chi connectivity index (χ0) is 15.0. The third kappa shape index (κ3) is 2.60. The van der Waals surface area contributed by atoms with Gasteiger partial charge in [0.05, 0.1) is 22.3 Å². The number of aryl methyl sites for hydroxylation is 1. The summed E-state index contributed by atoms with van der Waals surface area (Å²) in [4.78, 5) is 12.3. The van der Waals surface area contributed by atoms with Crippen LogP contribution in [0.1, 0.15) is 40.5 Å². The molecule has 0 radical (unpaired) electrons. The lowest BCUT2D eigenvalue weighted by molar-refractivity contribution is 0.0928. The fourth-order valence-electron chi connectivity index (χ4n) is 2.77. The van der Waals surface area contributed by atoms with E-state index < -0.39 is 11.7 Å². The van der Waals surface area contributed by atoms with E-state index in [9.17, 15) is 9.18 Å². The van der Waals surface area contributed by atoms with E-state index in [4.69, 9.17) is 0 Å². The van der Waals surface area contributed by atoms with Crippen molar-refractivity contribution in [3.63, 3.8) is 0 Å². The molecule has 1 heterocycles. The highest BCUT2D eigenvalue weighted by molar-refractivity contribution is 9.10. The average Bonchev–Trinajstić information content (AvgIpc) is 2.85. The summed E-state index contributed by atoms with van der Waals surface area (Å²) in [6, 6.07) is 4.61. The fraction of sp³-hybridized carbons (Fsp3) is 0.333. The van der Waals surface area contributed by atoms with Gasteiger partial charge in [0.1, 0.15) is 5.82 Å². The molecule has 0 saturated heterocycles. The maximum atomic E-state index is 14.0. The van der Waals surface area contributed by atoms with Crippen molar-refractivity contribution in [2.24, 2.45) is 7.05 Å². The van der Waals surface area contributed by atoms with Gasteiger partial charge in [-0.25, -0.2) is 4.39 Å². The van der Waals surface area contributed by atoms with Crippen LogP contribution < -0.4 is 5.32 Å². The zero-order valence-electron chi connectivity index (χ0n) is 11.6. The summed E-state index contributed by atoms with van der Waals surface area (Å²) >= 11 is 3.10. The molecule has 0 spiro atoms. The van der Waals surface area contributed by atoms with E-state index in [1.54, 1.807) is 18.3 Å². The molecule has 1 amide bonds. The zero-order valence-corrected chi connectivity index (χ0v) is 13.2. The Morgan fingerprint density at radius 2 is 2.33 bits per heavy atom. The standard InChI is InChI=1S/C15H15BrFN3O/c1-20-13-7-3-6-12(10(13)8-18-20)19-15(21)9-4-2-5-11(16)14(9)17/h2,4-5,8,12H,3,6-7H2,1H3,(H,19,21). The number of rotatable bonds is 2. The first-order valence-electron chi connectivity index (χ1n) is 6.83. The third-order valence-electron chi connectivity index (χ3n) is 3.88. The van der Waals surface area contributed by atoms with E-state index in [0.717, 1.165) is 30.5 Å². The predicted octanol–water partition coefficient (Wildman–Crippen LogP) is 3.13. The summed E-state index contributed by atoms with van der Waals surface area (Å²) < 4.78 is 16.1. The number of carbonyl (C=O) groups excluding carboxylic acids is 1. The van der Waals surface area contributed by atoms with Gasteiger partial charge in [-0.2, -0.15) is 5.10 Å². The molecular formula is C15H15BrFN3O. The minimum atomic E-state index is -0.530. The van der Waals surface area contributed by atoms with Gasteiger partial charge in [-0.05, 0) is 47.3 Å². The van der Waals surface area contributed by atoms with Crippen LogP contribution in [0.15, 0.2) is 28.9 Å². The SMILES string of the molecule is Cn1ncc2c1CCCC2NC(=O)c1cccc(Br)c1F. The molecule has 3 rings (SSSR count). The van der Waals surface area contributed by atoms with Gasteiger partial charge in [0.25, 0.3) is 5.91 Å². The Balaban J connectivity index is 1.84. The molecule has 1 aliphatic rings. The summed E-state index contributed by atoms with van der Waals surface area (Å²) in [5.41, 5.74) is 2.23. The second-order valence-corrected chi connectivity index (χ2v) is 6.04. The normalized spacial score (nSPS) is 17.4. The minimum Gasteiger partial charge on any atom is -0.345 e. The van der Waals surface area contributed by atoms with Crippen LogP contribution in [0.4, 0.5) is 4.39 Å². The number of halogens is 2. The van der Waals surface area contributed by atoms with E-state index in [2.05, 4.69) is 26.3 Å². The molecule has 1 unspecified atom stereocenters. The van der Waals surface area contributed by atoms with Crippen molar-refractivity contribution in [2.75, 3.05) is 0 Å². The number of hydrogen-bond acceptors (Lipinski definition) is 2. The molecule has 0 fully saturated rings. The molecule has 1 aromatic carbocycles. The van der Waals surface area contributed by atoms with Crippen molar-refractivity contribution < 1.29 is 9.18 Å². The van der Waals surface area contributed by atoms with E-state index in [0.29, 0.717) is 4.47 Å². The smallest absolute Gasteiger partial charge is 0.254 e. The maximum Gasteiger partial charge on any atom is 0.254 e. The monoisotopic (exact) mass is 351 g/mol. The van der Waals surface area contributed by atoms with Crippen LogP contribution in [0, 0.1) is 5.82 Å². The number of aromatic nitrogens is 2. The molecule has 1 aliphatic carbocycles. The van der Waals surface area contributed by atoms with Gasteiger partial charge in [-0.15, -0.1) is 0 Å². The maximum absolute atomic E-state index is 14.0. The quantitative estimate of drug-likeness (QED) is 0.903. The Bertz CT molecular complexity index is 698. The second-order valence-electron chi connectivity index (χ2n) is 5.19. The highest BCUT2D eigenvalue weighted by Crippen LogP contribution is 2.29. The van der Waals surface area contributed by atoms with Crippen LogP contribution in [-0.4, -0.2) is 15.7 Å². The van der Waals surface area contributed by atoms with Gasteiger partial charge in [0.2, 0.25) is 0 Å². The summed E-state index contributed by atoms with van der Waals surface area (Å²) in [5, 5.41) is 7.16. The largest absolute Gasteiger partial charge is 0.345 e. The molecule has 1 aromatic heterocycles. The molecule has 21 heavy (non-hydrogen) atoms. The highest BCUT2D eigenvalue weighted by Gasteiger charge is 2.26. The van der Waals surface area contributed by atoms with E-state index in [1.165, 1.54) is 6.07 Å². The topological polar surface area (TPSA) is 46.9 Å². The highest BCUT2D eigenvalue weighted by atomic mass is 79.9. The van der Waals surface area contributed by atoms with Crippen LogP contribution in [0.3, 0.4) is 0 Å². The van der Waals surface area contributed by atoms with Gasteiger partial charge >= 0.3 is 0 Å². The number of amides is 1. The molecular weight excluding hydrogens is 337 g/mol. The predicted molar refractivity (Wildman–Crippen MR) is 80.5 cm³/mol. The van der Waals surface area contributed by atoms with Crippen molar-refractivity contribution in [3.05, 3.63) is 51.5 Å². The van der Waals surface area contributed by atoms with Crippen molar-refractivity contribution in [3.8, 4) is 0 Å². The lowest BCUT2D eigenvalue weighted by atomic mass is 9.92. The van der Waals surface area contributed by atoms with Gasteiger partial charge in [-0.1, -0.05) is 6.07 Å². The van der Waals surface area contributed by atoms with Crippen LogP contribution in [0.25, 0.3) is 0 Å². The number of fused-ring (bicyclic) bond motifs is 1.